The molecule has 0 unspecified atom stereocenters. The van der Waals surface area contributed by atoms with Crippen LogP contribution in [0, 0.1) is 0 Å². The summed E-state index contributed by atoms with van der Waals surface area (Å²) in [5.74, 6) is -0.398. The lowest BCUT2D eigenvalue weighted by atomic mass is 10.0. The molecule has 0 fully saturated rings. The number of anilines is 1. The van der Waals surface area contributed by atoms with Gasteiger partial charge < -0.3 is 15.5 Å². The molecule has 98 valence electrons. The molecule has 0 aliphatic carbocycles. The summed E-state index contributed by atoms with van der Waals surface area (Å²) in [5.41, 5.74) is 2.42. The summed E-state index contributed by atoms with van der Waals surface area (Å²) in [6.07, 6.45) is 1.61. The minimum Gasteiger partial charge on any atom is -0.504 e. The molecule has 0 amide bonds. The molecule has 6 heteroatoms. The van der Waals surface area contributed by atoms with E-state index < -0.39 is 0 Å². The molecule has 0 spiro atoms. The first-order valence-corrected chi connectivity index (χ1v) is 6.04. The van der Waals surface area contributed by atoms with E-state index in [4.69, 9.17) is 0 Å². The molecule has 1 aliphatic rings. The van der Waals surface area contributed by atoms with Crippen molar-refractivity contribution < 1.29 is 10.2 Å². The third-order valence-corrected chi connectivity index (χ3v) is 3.24. The molecule has 1 aromatic heterocycles. The number of rotatable bonds is 1. The van der Waals surface area contributed by atoms with Gasteiger partial charge in [0.15, 0.2) is 11.5 Å². The molecule has 0 radical (unpaired) electrons. The van der Waals surface area contributed by atoms with Crippen LogP contribution < -0.4 is 10.9 Å². The number of hydrogen-bond donors (Lipinski definition) is 4. The Morgan fingerprint density at radius 2 is 2.05 bits per heavy atom. The van der Waals surface area contributed by atoms with E-state index >= 15 is 0 Å². The van der Waals surface area contributed by atoms with Crippen LogP contribution in [0.1, 0.15) is 12.0 Å². The Hall–Kier alpha value is -2.50. The highest BCUT2D eigenvalue weighted by Gasteiger charge is 2.19. The van der Waals surface area contributed by atoms with E-state index in [1.807, 2.05) is 0 Å². The van der Waals surface area contributed by atoms with E-state index in [1.54, 1.807) is 6.07 Å². The third-order valence-electron chi connectivity index (χ3n) is 3.24. The monoisotopic (exact) mass is 259 g/mol. The number of phenols is 2. The predicted octanol–water partition coefficient (Wildman–Crippen LogP) is 1.21. The summed E-state index contributed by atoms with van der Waals surface area (Å²) in [7, 11) is 0. The van der Waals surface area contributed by atoms with Gasteiger partial charge in [0, 0.05) is 17.7 Å². The Kier molecular flexibility index (Phi) is 2.63. The van der Waals surface area contributed by atoms with Crippen molar-refractivity contribution in [3.8, 4) is 22.8 Å². The quantitative estimate of drug-likeness (QED) is 0.577. The van der Waals surface area contributed by atoms with Crippen LogP contribution in [0.2, 0.25) is 0 Å². The topological polar surface area (TPSA) is 98.2 Å². The van der Waals surface area contributed by atoms with Crippen molar-refractivity contribution in [1.29, 1.82) is 0 Å². The standard InChI is InChI=1S/C13H13N3O3/c17-9-4-3-7(6-10(9)18)11-12-8(2-1-5-14-12)13(19)16-15-11/h3-4,6,14,17-18H,1-2,5H2,(H,16,19). The number of nitrogens with zero attached hydrogens (tertiary/aromatic N) is 1. The van der Waals surface area contributed by atoms with E-state index in [-0.39, 0.29) is 17.1 Å². The van der Waals surface area contributed by atoms with Gasteiger partial charge in [0.25, 0.3) is 5.56 Å². The fraction of sp³-hybridized carbons (Fsp3) is 0.231. The summed E-state index contributed by atoms with van der Waals surface area (Å²) in [6.45, 7) is 0.787. The van der Waals surface area contributed by atoms with Crippen molar-refractivity contribution in [3.05, 3.63) is 34.1 Å². The van der Waals surface area contributed by atoms with Crippen LogP contribution in [0.5, 0.6) is 11.5 Å². The van der Waals surface area contributed by atoms with Gasteiger partial charge in [-0.15, -0.1) is 0 Å². The average Bonchev–Trinajstić information content (AvgIpc) is 2.43. The van der Waals surface area contributed by atoms with Gasteiger partial charge in [-0.3, -0.25) is 4.79 Å². The van der Waals surface area contributed by atoms with Crippen LogP contribution in [0.25, 0.3) is 11.3 Å². The number of H-pyrrole nitrogens is 1. The van der Waals surface area contributed by atoms with Crippen molar-refractivity contribution in [2.24, 2.45) is 0 Å². The highest BCUT2D eigenvalue weighted by atomic mass is 16.3. The van der Waals surface area contributed by atoms with E-state index in [0.29, 0.717) is 28.9 Å². The number of phenolic OH excluding ortho intramolecular Hbond substituents is 2. The molecule has 2 heterocycles. The smallest absolute Gasteiger partial charge is 0.269 e. The lowest BCUT2D eigenvalue weighted by Gasteiger charge is -2.19. The molecule has 4 N–H and O–H groups in total. The van der Waals surface area contributed by atoms with Crippen molar-refractivity contribution in [2.45, 2.75) is 12.8 Å². The third kappa shape index (κ3) is 1.91. The minimum atomic E-state index is -0.213. The van der Waals surface area contributed by atoms with Gasteiger partial charge in [-0.05, 0) is 31.0 Å². The summed E-state index contributed by atoms with van der Waals surface area (Å²) in [4.78, 5) is 11.7. The van der Waals surface area contributed by atoms with Crippen molar-refractivity contribution in [1.82, 2.24) is 10.2 Å². The second-order valence-corrected chi connectivity index (χ2v) is 4.49. The van der Waals surface area contributed by atoms with Gasteiger partial charge in [-0.1, -0.05) is 0 Å². The Morgan fingerprint density at radius 1 is 1.21 bits per heavy atom. The number of aromatic amines is 1. The van der Waals surface area contributed by atoms with Crippen LogP contribution in [-0.2, 0) is 6.42 Å². The second kappa shape index (κ2) is 4.31. The number of hydrogen-bond acceptors (Lipinski definition) is 5. The van der Waals surface area contributed by atoms with Crippen LogP contribution in [0.15, 0.2) is 23.0 Å². The first kappa shape index (κ1) is 11.6. The maximum Gasteiger partial charge on any atom is 0.269 e. The fourth-order valence-electron chi connectivity index (χ4n) is 2.27. The molecular weight excluding hydrogens is 246 g/mol. The summed E-state index contributed by atoms with van der Waals surface area (Å²) in [5, 5.41) is 28.6. The molecular formula is C13H13N3O3. The predicted molar refractivity (Wildman–Crippen MR) is 70.4 cm³/mol. The molecule has 0 saturated carbocycles. The minimum absolute atomic E-state index is 0.185. The van der Waals surface area contributed by atoms with Crippen LogP contribution in [0.3, 0.4) is 0 Å². The number of nitrogens with one attached hydrogen (secondary N) is 2. The Labute approximate surface area is 108 Å². The molecule has 2 aromatic rings. The molecule has 0 saturated heterocycles. The van der Waals surface area contributed by atoms with Gasteiger partial charge in [0.1, 0.15) is 5.69 Å². The maximum atomic E-state index is 11.7. The lowest BCUT2D eigenvalue weighted by molar-refractivity contribution is 0.404. The zero-order chi connectivity index (χ0) is 13.4. The first-order chi connectivity index (χ1) is 9.16. The fourth-order valence-corrected chi connectivity index (χ4v) is 2.27. The summed E-state index contributed by atoms with van der Waals surface area (Å²) in [6, 6.07) is 4.46. The summed E-state index contributed by atoms with van der Waals surface area (Å²) < 4.78 is 0. The molecule has 6 nitrogen and oxygen atoms in total. The van der Waals surface area contributed by atoms with Crippen LogP contribution in [0.4, 0.5) is 5.69 Å². The van der Waals surface area contributed by atoms with Gasteiger partial charge in [0.05, 0.1) is 5.69 Å². The zero-order valence-corrected chi connectivity index (χ0v) is 10.1. The molecule has 1 aliphatic heterocycles. The normalized spacial score (nSPS) is 13.7. The van der Waals surface area contributed by atoms with Gasteiger partial charge >= 0.3 is 0 Å². The van der Waals surface area contributed by atoms with E-state index in [1.165, 1.54) is 12.1 Å². The van der Waals surface area contributed by atoms with E-state index in [9.17, 15) is 15.0 Å². The largest absolute Gasteiger partial charge is 0.504 e. The molecule has 19 heavy (non-hydrogen) atoms. The number of aromatic nitrogens is 2. The number of aromatic hydroxyl groups is 2. The van der Waals surface area contributed by atoms with Crippen molar-refractivity contribution >= 4 is 5.69 Å². The van der Waals surface area contributed by atoms with E-state index in [0.717, 1.165) is 13.0 Å². The van der Waals surface area contributed by atoms with E-state index in [2.05, 4.69) is 15.5 Å². The number of fused-ring (bicyclic) bond motifs is 1. The molecule has 0 bridgehead atoms. The molecule has 1 aromatic carbocycles. The maximum absolute atomic E-state index is 11.7. The average molecular weight is 259 g/mol. The highest BCUT2D eigenvalue weighted by Crippen LogP contribution is 2.34. The van der Waals surface area contributed by atoms with Crippen LogP contribution >= 0.6 is 0 Å². The SMILES string of the molecule is O=c1[nH]nc(-c2ccc(O)c(O)c2)c2c1CCCN2. The zero-order valence-electron chi connectivity index (χ0n) is 10.1. The number of benzene rings is 1. The van der Waals surface area contributed by atoms with Gasteiger partial charge in [-0.25, -0.2) is 5.10 Å². The highest BCUT2D eigenvalue weighted by molar-refractivity contribution is 5.78. The Bertz CT molecular complexity index is 694. The van der Waals surface area contributed by atoms with Crippen molar-refractivity contribution in [3.63, 3.8) is 0 Å². The summed E-state index contributed by atoms with van der Waals surface area (Å²) >= 11 is 0. The second-order valence-electron chi connectivity index (χ2n) is 4.49. The van der Waals surface area contributed by atoms with Gasteiger partial charge in [-0.2, -0.15) is 5.10 Å². The molecule has 3 rings (SSSR count). The first-order valence-electron chi connectivity index (χ1n) is 6.04. The Morgan fingerprint density at radius 3 is 2.84 bits per heavy atom. The van der Waals surface area contributed by atoms with Crippen LogP contribution in [-0.4, -0.2) is 27.0 Å². The van der Waals surface area contributed by atoms with Gasteiger partial charge in [0.2, 0.25) is 0 Å². The van der Waals surface area contributed by atoms with Crippen molar-refractivity contribution in [2.75, 3.05) is 11.9 Å². The Balaban J connectivity index is 2.20. The molecule has 0 atom stereocenters. The lowest BCUT2D eigenvalue weighted by Crippen LogP contribution is -2.24.